The van der Waals surface area contributed by atoms with Crippen molar-refractivity contribution >= 4 is 27.1 Å². The Kier molecular flexibility index (Phi) is 4.06. The monoisotopic (exact) mass is 309 g/mol. The second-order valence-corrected chi connectivity index (χ2v) is 7.24. The Hall–Kier alpha value is -1.52. The van der Waals surface area contributed by atoms with Gasteiger partial charge in [-0.2, -0.15) is 0 Å². The van der Waals surface area contributed by atoms with E-state index in [-0.39, 0.29) is 15.7 Å². The first-order chi connectivity index (χ1) is 9.29. The van der Waals surface area contributed by atoms with Gasteiger partial charge in [-0.3, -0.25) is 0 Å². The molecule has 0 fully saturated rings. The zero-order valence-electron chi connectivity index (χ0n) is 11.4. The van der Waals surface area contributed by atoms with Gasteiger partial charge in [0.05, 0.1) is 15.7 Å². The summed E-state index contributed by atoms with van der Waals surface area (Å²) >= 11 is 5.98. The van der Waals surface area contributed by atoms with Gasteiger partial charge in [0.2, 0.25) is 0 Å². The standard InChI is InChI=1S/C15H16ClNO2S/c1-10-3-4-11(2)12(7-10)9-20(18,19)15-8-13(17)5-6-14(15)16/h3-8H,9,17H2,1-2H3. The number of halogens is 1. The Labute approximate surface area is 124 Å². The molecule has 0 aromatic heterocycles. The smallest absolute Gasteiger partial charge is 0.184 e. The first-order valence-corrected chi connectivity index (χ1v) is 8.16. The van der Waals surface area contributed by atoms with E-state index in [9.17, 15) is 8.42 Å². The lowest BCUT2D eigenvalue weighted by Gasteiger charge is -2.10. The third-order valence-electron chi connectivity index (χ3n) is 3.14. The van der Waals surface area contributed by atoms with Crippen LogP contribution in [0, 0.1) is 13.8 Å². The first kappa shape index (κ1) is 14.9. The van der Waals surface area contributed by atoms with Crippen LogP contribution in [0.15, 0.2) is 41.3 Å². The summed E-state index contributed by atoms with van der Waals surface area (Å²) in [6, 6.07) is 10.3. The maximum Gasteiger partial charge on any atom is 0.184 e. The summed E-state index contributed by atoms with van der Waals surface area (Å²) in [6.45, 7) is 3.83. The van der Waals surface area contributed by atoms with Crippen molar-refractivity contribution in [1.82, 2.24) is 0 Å². The van der Waals surface area contributed by atoms with Crippen LogP contribution in [0.1, 0.15) is 16.7 Å². The van der Waals surface area contributed by atoms with Crippen LogP contribution in [0.4, 0.5) is 5.69 Å². The fraction of sp³-hybridized carbons (Fsp3) is 0.200. The second-order valence-electron chi connectivity index (χ2n) is 4.88. The van der Waals surface area contributed by atoms with Gasteiger partial charge >= 0.3 is 0 Å². The van der Waals surface area contributed by atoms with E-state index in [1.165, 1.54) is 12.1 Å². The number of aryl methyl sites for hydroxylation is 2. The van der Waals surface area contributed by atoms with Crippen LogP contribution in [0.5, 0.6) is 0 Å². The van der Waals surface area contributed by atoms with E-state index in [4.69, 9.17) is 17.3 Å². The van der Waals surface area contributed by atoms with Crippen LogP contribution >= 0.6 is 11.6 Å². The van der Waals surface area contributed by atoms with Crippen molar-refractivity contribution in [3.05, 3.63) is 58.1 Å². The maximum absolute atomic E-state index is 12.5. The lowest BCUT2D eigenvalue weighted by Crippen LogP contribution is -2.07. The maximum atomic E-state index is 12.5. The number of rotatable bonds is 3. The summed E-state index contributed by atoms with van der Waals surface area (Å²) in [5, 5.41) is 0.199. The van der Waals surface area contributed by atoms with E-state index in [1.54, 1.807) is 6.07 Å². The van der Waals surface area contributed by atoms with Gasteiger partial charge in [0, 0.05) is 5.69 Å². The molecular formula is C15H16ClNO2S. The molecule has 2 rings (SSSR count). The van der Waals surface area contributed by atoms with Crippen molar-refractivity contribution in [2.75, 3.05) is 5.73 Å². The lowest BCUT2D eigenvalue weighted by molar-refractivity contribution is 0.595. The lowest BCUT2D eigenvalue weighted by atomic mass is 10.1. The molecule has 2 aromatic rings. The van der Waals surface area contributed by atoms with E-state index < -0.39 is 9.84 Å². The Bertz CT molecular complexity index is 754. The molecule has 0 radical (unpaired) electrons. The van der Waals surface area contributed by atoms with Crippen LogP contribution in [0.2, 0.25) is 5.02 Å². The molecule has 0 spiro atoms. The number of hydrogen-bond donors (Lipinski definition) is 1. The minimum absolute atomic E-state index is 0.0797. The van der Waals surface area contributed by atoms with E-state index in [0.717, 1.165) is 16.7 Å². The fourth-order valence-electron chi connectivity index (χ4n) is 2.00. The molecular weight excluding hydrogens is 294 g/mol. The van der Waals surface area contributed by atoms with Gasteiger partial charge in [-0.15, -0.1) is 0 Å². The van der Waals surface area contributed by atoms with Crippen molar-refractivity contribution in [2.45, 2.75) is 24.5 Å². The molecule has 2 aromatic carbocycles. The van der Waals surface area contributed by atoms with Gasteiger partial charge in [0.15, 0.2) is 9.84 Å². The van der Waals surface area contributed by atoms with Gasteiger partial charge in [0.1, 0.15) is 0 Å². The number of hydrogen-bond acceptors (Lipinski definition) is 3. The molecule has 5 heteroatoms. The largest absolute Gasteiger partial charge is 0.399 e. The van der Waals surface area contributed by atoms with E-state index in [0.29, 0.717) is 5.69 Å². The molecule has 20 heavy (non-hydrogen) atoms. The summed E-state index contributed by atoms with van der Waals surface area (Å²) in [7, 11) is -3.52. The Morgan fingerprint density at radius 2 is 1.80 bits per heavy atom. The topological polar surface area (TPSA) is 60.2 Å². The molecule has 3 nitrogen and oxygen atoms in total. The molecule has 0 aliphatic rings. The predicted octanol–water partition coefficient (Wildman–Crippen LogP) is 3.51. The summed E-state index contributed by atoms with van der Waals surface area (Å²) in [5.41, 5.74) is 8.78. The first-order valence-electron chi connectivity index (χ1n) is 6.13. The van der Waals surface area contributed by atoms with Gasteiger partial charge < -0.3 is 5.73 Å². The molecule has 0 unspecified atom stereocenters. The minimum atomic E-state index is -3.52. The van der Waals surface area contributed by atoms with Crippen LogP contribution in [0.25, 0.3) is 0 Å². The van der Waals surface area contributed by atoms with Crippen molar-refractivity contribution in [2.24, 2.45) is 0 Å². The van der Waals surface area contributed by atoms with Crippen molar-refractivity contribution in [3.8, 4) is 0 Å². The molecule has 0 atom stereocenters. The third kappa shape index (κ3) is 3.14. The van der Waals surface area contributed by atoms with Crippen molar-refractivity contribution in [3.63, 3.8) is 0 Å². The Balaban J connectivity index is 2.46. The Morgan fingerprint density at radius 1 is 1.10 bits per heavy atom. The molecule has 0 aliphatic carbocycles. The normalized spacial score (nSPS) is 11.6. The number of anilines is 1. The average Bonchev–Trinajstić information content (AvgIpc) is 2.36. The number of nitrogens with two attached hydrogens (primary N) is 1. The van der Waals surface area contributed by atoms with Gasteiger partial charge in [-0.1, -0.05) is 35.4 Å². The van der Waals surface area contributed by atoms with Crippen molar-refractivity contribution < 1.29 is 8.42 Å². The molecule has 2 N–H and O–H groups in total. The highest BCUT2D eigenvalue weighted by Gasteiger charge is 2.20. The molecule has 0 heterocycles. The highest BCUT2D eigenvalue weighted by Crippen LogP contribution is 2.27. The molecule has 0 saturated heterocycles. The Morgan fingerprint density at radius 3 is 2.50 bits per heavy atom. The average molecular weight is 310 g/mol. The van der Waals surface area contributed by atoms with Gasteiger partial charge in [-0.25, -0.2) is 8.42 Å². The van der Waals surface area contributed by atoms with Crippen LogP contribution < -0.4 is 5.73 Å². The predicted molar refractivity (Wildman–Crippen MR) is 82.7 cm³/mol. The van der Waals surface area contributed by atoms with E-state index >= 15 is 0 Å². The molecule has 0 saturated carbocycles. The second kappa shape index (κ2) is 5.46. The van der Waals surface area contributed by atoms with E-state index in [2.05, 4.69) is 0 Å². The molecule has 0 bridgehead atoms. The number of nitrogen functional groups attached to an aromatic ring is 1. The van der Waals surface area contributed by atoms with Crippen LogP contribution in [-0.2, 0) is 15.6 Å². The van der Waals surface area contributed by atoms with Crippen molar-refractivity contribution in [1.29, 1.82) is 0 Å². The molecule has 0 amide bonds. The molecule has 0 aliphatic heterocycles. The van der Waals surface area contributed by atoms with Gasteiger partial charge in [0.25, 0.3) is 0 Å². The van der Waals surface area contributed by atoms with Gasteiger partial charge in [-0.05, 0) is 43.2 Å². The highest BCUT2D eigenvalue weighted by atomic mass is 35.5. The quantitative estimate of drug-likeness (QED) is 0.883. The van der Waals surface area contributed by atoms with Crippen LogP contribution in [-0.4, -0.2) is 8.42 Å². The highest BCUT2D eigenvalue weighted by molar-refractivity contribution is 7.90. The third-order valence-corrected chi connectivity index (χ3v) is 5.28. The number of sulfone groups is 1. The zero-order chi connectivity index (χ0) is 14.9. The minimum Gasteiger partial charge on any atom is -0.399 e. The zero-order valence-corrected chi connectivity index (χ0v) is 12.9. The summed E-state index contributed by atoms with van der Waals surface area (Å²) in [5.74, 6) is -0.0797. The SMILES string of the molecule is Cc1ccc(C)c(CS(=O)(=O)c2cc(N)ccc2Cl)c1. The number of benzene rings is 2. The molecule has 106 valence electrons. The summed E-state index contributed by atoms with van der Waals surface area (Å²) < 4.78 is 25.0. The fourth-order valence-corrected chi connectivity index (χ4v) is 4.02. The van der Waals surface area contributed by atoms with Crippen LogP contribution in [0.3, 0.4) is 0 Å². The van der Waals surface area contributed by atoms with E-state index in [1.807, 2.05) is 32.0 Å². The summed E-state index contributed by atoms with van der Waals surface area (Å²) in [4.78, 5) is 0.0834. The summed E-state index contributed by atoms with van der Waals surface area (Å²) in [6.07, 6.45) is 0.